The summed E-state index contributed by atoms with van der Waals surface area (Å²) in [6, 6.07) is 6.34. The third-order valence-electron chi connectivity index (χ3n) is 4.88. The van der Waals surface area contributed by atoms with Gasteiger partial charge in [0.05, 0.1) is 4.90 Å². The fourth-order valence-electron chi connectivity index (χ4n) is 3.11. The van der Waals surface area contributed by atoms with Crippen molar-refractivity contribution in [1.29, 1.82) is 0 Å². The van der Waals surface area contributed by atoms with Crippen molar-refractivity contribution in [3.05, 3.63) is 24.3 Å². The van der Waals surface area contributed by atoms with Crippen LogP contribution >= 0.6 is 0 Å². The Balaban J connectivity index is 1.92. The van der Waals surface area contributed by atoms with Gasteiger partial charge in [0, 0.05) is 38.2 Å². The van der Waals surface area contributed by atoms with E-state index >= 15 is 0 Å². The Morgan fingerprint density at radius 2 is 1.78 bits per heavy atom. The van der Waals surface area contributed by atoms with Gasteiger partial charge in [-0.2, -0.15) is 4.31 Å². The second-order valence-electron chi connectivity index (χ2n) is 7.13. The molecule has 1 aromatic rings. The van der Waals surface area contributed by atoms with Crippen LogP contribution in [0.15, 0.2) is 29.2 Å². The first-order valence-electron chi connectivity index (χ1n) is 9.39. The molecule has 1 aliphatic heterocycles. The lowest BCUT2D eigenvalue weighted by atomic mass is 9.94. The maximum absolute atomic E-state index is 12.8. The van der Waals surface area contributed by atoms with Crippen molar-refractivity contribution in [1.82, 2.24) is 9.62 Å². The molecule has 2 amide bonds. The molecule has 8 heteroatoms. The Hall–Kier alpha value is -1.93. The van der Waals surface area contributed by atoms with Crippen molar-refractivity contribution in [3.8, 4) is 0 Å². The van der Waals surface area contributed by atoms with Crippen LogP contribution in [-0.4, -0.2) is 43.7 Å². The average molecular weight is 396 g/mol. The first-order valence-corrected chi connectivity index (χ1v) is 10.8. The topological polar surface area (TPSA) is 95.6 Å². The molecule has 1 unspecified atom stereocenters. The summed E-state index contributed by atoms with van der Waals surface area (Å²) in [5.74, 6) is 0.0481. The summed E-state index contributed by atoms with van der Waals surface area (Å²) < 4.78 is 27.1. The maximum atomic E-state index is 12.8. The van der Waals surface area contributed by atoms with Crippen LogP contribution in [0, 0.1) is 5.92 Å². The van der Waals surface area contributed by atoms with Crippen LogP contribution in [0.5, 0.6) is 0 Å². The van der Waals surface area contributed by atoms with Gasteiger partial charge in [-0.3, -0.25) is 9.59 Å². The summed E-state index contributed by atoms with van der Waals surface area (Å²) in [7, 11) is -3.56. The highest BCUT2D eigenvalue weighted by Gasteiger charge is 2.30. The second-order valence-corrected chi connectivity index (χ2v) is 9.07. The van der Waals surface area contributed by atoms with Gasteiger partial charge in [0.15, 0.2) is 0 Å². The Morgan fingerprint density at radius 1 is 1.19 bits per heavy atom. The molecule has 7 nitrogen and oxygen atoms in total. The fourth-order valence-corrected chi connectivity index (χ4v) is 4.58. The third-order valence-corrected chi connectivity index (χ3v) is 6.79. The number of anilines is 1. The van der Waals surface area contributed by atoms with Crippen molar-refractivity contribution in [2.75, 3.05) is 18.4 Å². The van der Waals surface area contributed by atoms with Gasteiger partial charge < -0.3 is 10.6 Å². The van der Waals surface area contributed by atoms with Crippen molar-refractivity contribution >= 4 is 27.5 Å². The van der Waals surface area contributed by atoms with Gasteiger partial charge in [0.2, 0.25) is 21.8 Å². The van der Waals surface area contributed by atoms with Crippen LogP contribution in [0.1, 0.15) is 46.5 Å². The number of sulfonamides is 1. The molecule has 2 rings (SSSR count). The molecule has 1 saturated heterocycles. The first kappa shape index (κ1) is 21.4. The van der Waals surface area contributed by atoms with Crippen molar-refractivity contribution in [3.63, 3.8) is 0 Å². The Morgan fingerprint density at radius 3 is 2.30 bits per heavy atom. The van der Waals surface area contributed by atoms with E-state index in [-0.39, 0.29) is 28.7 Å². The first-order chi connectivity index (χ1) is 12.7. The van der Waals surface area contributed by atoms with Crippen LogP contribution in [0.2, 0.25) is 0 Å². The molecule has 27 heavy (non-hydrogen) atoms. The van der Waals surface area contributed by atoms with Gasteiger partial charge in [-0.15, -0.1) is 0 Å². The second kappa shape index (κ2) is 9.32. The fraction of sp³-hybridized carbons (Fsp3) is 0.579. The average Bonchev–Trinajstić information content (AvgIpc) is 2.62. The minimum absolute atomic E-state index is 0.0409. The van der Waals surface area contributed by atoms with Crippen LogP contribution in [0.25, 0.3) is 0 Å². The number of nitrogens with zero attached hydrogens (tertiary/aromatic N) is 1. The van der Waals surface area contributed by atoms with E-state index in [2.05, 4.69) is 10.6 Å². The Kier molecular flexibility index (Phi) is 7.38. The quantitative estimate of drug-likeness (QED) is 0.741. The van der Waals surface area contributed by atoms with E-state index in [0.29, 0.717) is 38.0 Å². The standard InChI is InChI=1S/C19H29N3O4S/c1-4-14(2)20-19(24)13-16-9-11-22(12-10-16)27(25,26)18-7-5-17(6-8-18)21-15(3)23/h5-8,14,16H,4,9-13H2,1-3H3,(H,20,24)(H,21,23). The molecule has 0 aliphatic carbocycles. The number of carbonyl (C=O) groups excluding carboxylic acids is 2. The largest absolute Gasteiger partial charge is 0.354 e. The summed E-state index contributed by atoms with van der Waals surface area (Å²) >= 11 is 0. The van der Waals surface area contributed by atoms with Crippen LogP contribution in [0.3, 0.4) is 0 Å². The number of hydrogen-bond donors (Lipinski definition) is 2. The minimum Gasteiger partial charge on any atom is -0.354 e. The molecule has 2 N–H and O–H groups in total. The number of nitrogens with one attached hydrogen (secondary N) is 2. The third kappa shape index (κ3) is 6.04. The summed E-state index contributed by atoms with van der Waals surface area (Å²) in [5.41, 5.74) is 0.562. The lowest BCUT2D eigenvalue weighted by Gasteiger charge is -2.31. The molecule has 0 radical (unpaired) electrons. The van der Waals surface area contributed by atoms with Crippen LogP contribution < -0.4 is 10.6 Å². The van der Waals surface area contributed by atoms with Crippen molar-refractivity contribution in [2.45, 2.75) is 57.4 Å². The smallest absolute Gasteiger partial charge is 0.243 e. The number of hydrogen-bond acceptors (Lipinski definition) is 4. The van der Waals surface area contributed by atoms with E-state index in [1.165, 1.54) is 23.4 Å². The highest BCUT2D eigenvalue weighted by Crippen LogP contribution is 2.26. The van der Waals surface area contributed by atoms with E-state index in [9.17, 15) is 18.0 Å². The van der Waals surface area contributed by atoms with E-state index in [4.69, 9.17) is 0 Å². The zero-order valence-electron chi connectivity index (χ0n) is 16.2. The summed E-state index contributed by atoms with van der Waals surface area (Å²) in [6.07, 6.45) is 2.70. The van der Waals surface area contributed by atoms with Gasteiger partial charge in [-0.25, -0.2) is 8.42 Å². The zero-order chi connectivity index (χ0) is 20.0. The number of benzene rings is 1. The monoisotopic (exact) mass is 395 g/mol. The van der Waals surface area contributed by atoms with Crippen LogP contribution in [-0.2, 0) is 19.6 Å². The maximum Gasteiger partial charge on any atom is 0.243 e. The molecular formula is C19H29N3O4S. The lowest BCUT2D eigenvalue weighted by molar-refractivity contribution is -0.123. The molecule has 0 saturated carbocycles. The van der Waals surface area contributed by atoms with Gasteiger partial charge in [0.1, 0.15) is 0 Å². The van der Waals surface area contributed by atoms with Gasteiger partial charge >= 0.3 is 0 Å². The SMILES string of the molecule is CCC(C)NC(=O)CC1CCN(S(=O)(=O)c2ccc(NC(C)=O)cc2)CC1. The Labute approximate surface area is 161 Å². The van der Waals surface area contributed by atoms with E-state index < -0.39 is 10.0 Å². The summed E-state index contributed by atoms with van der Waals surface area (Å²) in [5, 5.41) is 5.58. The molecule has 0 spiro atoms. The molecule has 1 aromatic carbocycles. The van der Waals surface area contributed by atoms with E-state index in [1.807, 2.05) is 13.8 Å². The molecule has 1 aliphatic rings. The van der Waals surface area contributed by atoms with Gasteiger partial charge in [-0.1, -0.05) is 6.92 Å². The van der Waals surface area contributed by atoms with Crippen LogP contribution in [0.4, 0.5) is 5.69 Å². The molecule has 150 valence electrons. The van der Waals surface area contributed by atoms with E-state index in [0.717, 1.165) is 6.42 Å². The number of rotatable bonds is 7. The summed E-state index contributed by atoms with van der Waals surface area (Å²) in [4.78, 5) is 23.3. The zero-order valence-corrected chi connectivity index (χ0v) is 17.0. The van der Waals surface area contributed by atoms with Gasteiger partial charge in [0.25, 0.3) is 0 Å². The number of piperidine rings is 1. The molecule has 1 fully saturated rings. The lowest BCUT2D eigenvalue weighted by Crippen LogP contribution is -2.40. The summed E-state index contributed by atoms with van der Waals surface area (Å²) in [6.45, 7) is 6.23. The molecule has 1 heterocycles. The minimum atomic E-state index is -3.56. The van der Waals surface area contributed by atoms with E-state index in [1.54, 1.807) is 12.1 Å². The van der Waals surface area contributed by atoms with Crippen molar-refractivity contribution < 1.29 is 18.0 Å². The van der Waals surface area contributed by atoms with Crippen molar-refractivity contribution in [2.24, 2.45) is 5.92 Å². The molecule has 0 bridgehead atoms. The molecule has 0 aromatic heterocycles. The van der Waals surface area contributed by atoms with Gasteiger partial charge in [-0.05, 0) is 56.4 Å². The predicted octanol–water partition coefficient (Wildman–Crippen LogP) is 2.35. The highest BCUT2D eigenvalue weighted by atomic mass is 32.2. The normalized spacial score (nSPS) is 17.3. The number of carbonyl (C=O) groups is 2. The molecule has 1 atom stereocenters. The number of amides is 2. The Bertz CT molecular complexity index is 754. The highest BCUT2D eigenvalue weighted by molar-refractivity contribution is 7.89. The predicted molar refractivity (Wildman–Crippen MR) is 105 cm³/mol. The molecular weight excluding hydrogens is 366 g/mol.